The maximum Gasteiger partial charge on any atom is 0.406 e. The minimum atomic E-state index is -4.75. The second kappa shape index (κ2) is 11.5. The first kappa shape index (κ1) is 27.8. The van der Waals surface area contributed by atoms with Gasteiger partial charge in [0.15, 0.2) is 11.5 Å². The van der Waals surface area contributed by atoms with Gasteiger partial charge in [-0.15, -0.1) is 0 Å². The van der Waals surface area contributed by atoms with Gasteiger partial charge >= 0.3 is 6.18 Å². The number of rotatable bonds is 10. The molecule has 1 aliphatic heterocycles. The van der Waals surface area contributed by atoms with Gasteiger partial charge < -0.3 is 35.0 Å². The molecular formula is C24H31F3N2O7. The van der Waals surface area contributed by atoms with Crippen LogP contribution in [0.1, 0.15) is 43.2 Å². The number of alkyl halides is 3. The molecule has 0 aromatic heterocycles. The molecule has 3 rings (SSSR count). The minimum absolute atomic E-state index is 0.0184. The van der Waals surface area contributed by atoms with E-state index in [4.69, 9.17) is 14.6 Å². The van der Waals surface area contributed by atoms with Crippen molar-refractivity contribution in [3.8, 4) is 11.5 Å². The van der Waals surface area contributed by atoms with Crippen LogP contribution in [0.4, 0.5) is 13.2 Å². The minimum Gasteiger partial charge on any atom is -0.493 e. The predicted octanol–water partition coefficient (Wildman–Crippen LogP) is 1.39. The molecule has 0 saturated carbocycles. The number of nitrogens with one attached hydrogen (secondary N) is 1. The third-order valence-corrected chi connectivity index (χ3v) is 6.27. The zero-order valence-corrected chi connectivity index (χ0v) is 20.0. The first-order valence-electron chi connectivity index (χ1n) is 11.7. The van der Waals surface area contributed by atoms with Gasteiger partial charge in [-0.1, -0.05) is 13.3 Å². The second-order valence-corrected chi connectivity index (χ2v) is 8.76. The third-order valence-electron chi connectivity index (χ3n) is 6.27. The van der Waals surface area contributed by atoms with Gasteiger partial charge in [0.2, 0.25) is 11.8 Å². The number of halogens is 3. The monoisotopic (exact) mass is 516 g/mol. The number of nitrogens with zero attached hydrogens (tertiary/aromatic N) is 1. The Bertz CT molecular complexity index is 999. The number of benzene rings is 1. The fourth-order valence-electron chi connectivity index (χ4n) is 4.64. The summed E-state index contributed by atoms with van der Waals surface area (Å²) in [4.78, 5) is 26.5. The molecule has 200 valence electrons. The summed E-state index contributed by atoms with van der Waals surface area (Å²) in [5.41, 5.74) is 0.830. The van der Waals surface area contributed by atoms with E-state index in [9.17, 15) is 33.0 Å². The highest BCUT2D eigenvalue weighted by Crippen LogP contribution is 2.51. The highest BCUT2D eigenvalue weighted by molar-refractivity contribution is 5.96. The Balaban J connectivity index is 2.13. The van der Waals surface area contributed by atoms with Crippen LogP contribution in [0, 0.1) is 0 Å². The van der Waals surface area contributed by atoms with Gasteiger partial charge in [-0.2, -0.15) is 13.2 Å². The van der Waals surface area contributed by atoms with Gasteiger partial charge in [0.05, 0.1) is 32.3 Å². The van der Waals surface area contributed by atoms with E-state index < -0.39 is 48.7 Å². The fraction of sp³-hybridized carbons (Fsp3) is 0.583. The zero-order chi connectivity index (χ0) is 26.6. The number of hydrogen-bond acceptors (Lipinski definition) is 7. The summed E-state index contributed by atoms with van der Waals surface area (Å²) in [5, 5.41) is 32.5. The third kappa shape index (κ3) is 5.76. The molecule has 4 atom stereocenters. The molecule has 4 unspecified atom stereocenters. The van der Waals surface area contributed by atoms with Crippen LogP contribution in [-0.4, -0.2) is 83.3 Å². The number of hydrogen-bond donors (Lipinski definition) is 4. The molecule has 0 fully saturated rings. The molecule has 0 saturated heterocycles. The normalized spacial score (nSPS) is 22.7. The van der Waals surface area contributed by atoms with E-state index in [0.29, 0.717) is 28.9 Å². The Morgan fingerprint density at radius 1 is 1.25 bits per heavy atom. The van der Waals surface area contributed by atoms with Crippen molar-refractivity contribution in [2.24, 2.45) is 0 Å². The van der Waals surface area contributed by atoms with Crippen LogP contribution in [0.3, 0.4) is 0 Å². The molecule has 1 heterocycles. The van der Waals surface area contributed by atoms with E-state index in [1.54, 1.807) is 13.0 Å². The lowest BCUT2D eigenvalue weighted by atomic mass is 9.77. The van der Waals surface area contributed by atoms with E-state index in [-0.39, 0.29) is 43.3 Å². The van der Waals surface area contributed by atoms with Gasteiger partial charge in [0.25, 0.3) is 0 Å². The first-order chi connectivity index (χ1) is 17.1. The predicted molar refractivity (Wildman–Crippen MR) is 121 cm³/mol. The van der Waals surface area contributed by atoms with Gasteiger partial charge in [0, 0.05) is 24.1 Å². The lowest BCUT2D eigenvalue weighted by Gasteiger charge is -2.41. The Labute approximate surface area is 206 Å². The van der Waals surface area contributed by atoms with Gasteiger partial charge in [0.1, 0.15) is 18.8 Å². The molecule has 2 aliphatic rings. The average Bonchev–Trinajstić information content (AvgIpc) is 3.23. The molecule has 1 aromatic rings. The maximum atomic E-state index is 13.5. The van der Waals surface area contributed by atoms with Crippen LogP contribution in [0.5, 0.6) is 11.5 Å². The summed E-state index contributed by atoms with van der Waals surface area (Å²) >= 11 is 0. The number of carbonyl (C=O) groups excluding carboxylic acids is 2. The molecule has 1 aromatic carbocycles. The van der Waals surface area contributed by atoms with E-state index >= 15 is 0 Å². The Morgan fingerprint density at radius 2 is 1.97 bits per heavy atom. The van der Waals surface area contributed by atoms with Gasteiger partial charge in [-0.3, -0.25) is 9.59 Å². The van der Waals surface area contributed by atoms with Crippen molar-refractivity contribution in [2.45, 2.75) is 63.1 Å². The fourth-order valence-corrected chi connectivity index (χ4v) is 4.64. The summed E-state index contributed by atoms with van der Waals surface area (Å²) < 4.78 is 51.7. The van der Waals surface area contributed by atoms with Crippen LogP contribution in [0.2, 0.25) is 0 Å². The summed E-state index contributed by atoms with van der Waals surface area (Å²) in [6.45, 7) is -0.655. The molecule has 0 radical (unpaired) electrons. The summed E-state index contributed by atoms with van der Waals surface area (Å²) in [6.07, 6.45) is -5.60. The van der Waals surface area contributed by atoms with E-state index in [0.717, 1.165) is 0 Å². The molecule has 4 N–H and O–H groups in total. The maximum absolute atomic E-state index is 13.5. The van der Waals surface area contributed by atoms with Crippen molar-refractivity contribution in [2.75, 3.05) is 26.8 Å². The number of aliphatic hydroxyl groups excluding tert-OH is 3. The lowest BCUT2D eigenvalue weighted by molar-refractivity contribution is -0.170. The van der Waals surface area contributed by atoms with Crippen molar-refractivity contribution in [1.82, 2.24) is 10.2 Å². The Morgan fingerprint density at radius 3 is 2.56 bits per heavy atom. The first-order valence-corrected chi connectivity index (χ1v) is 11.7. The summed E-state index contributed by atoms with van der Waals surface area (Å²) in [5.74, 6) is -2.00. The highest BCUT2D eigenvalue weighted by Gasteiger charge is 2.52. The number of methoxy groups -OCH3 is 1. The molecule has 0 bridgehead atoms. The van der Waals surface area contributed by atoms with Crippen molar-refractivity contribution in [1.29, 1.82) is 0 Å². The molecule has 2 amide bonds. The van der Waals surface area contributed by atoms with Crippen molar-refractivity contribution >= 4 is 11.8 Å². The molecule has 12 heteroatoms. The number of aliphatic hydroxyl groups is 3. The molecule has 9 nitrogen and oxygen atoms in total. The van der Waals surface area contributed by atoms with E-state index in [1.807, 2.05) is 0 Å². The number of fused-ring (bicyclic) bond motifs is 3. The molecule has 36 heavy (non-hydrogen) atoms. The molecular weight excluding hydrogens is 485 g/mol. The largest absolute Gasteiger partial charge is 0.493 e. The van der Waals surface area contributed by atoms with Gasteiger partial charge in [-0.05, 0) is 30.2 Å². The van der Waals surface area contributed by atoms with Gasteiger partial charge in [-0.25, -0.2) is 0 Å². The molecule has 1 aliphatic carbocycles. The molecule has 0 spiro atoms. The average molecular weight is 517 g/mol. The van der Waals surface area contributed by atoms with Crippen LogP contribution in [-0.2, 0) is 16.2 Å². The van der Waals surface area contributed by atoms with Crippen LogP contribution >= 0.6 is 0 Å². The zero-order valence-electron chi connectivity index (χ0n) is 20.0. The Hall–Kier alpha value is -2.83. The van der Waals surface area contributed by atoms with Crippen molar-refractivity contribution in [3.63, 3.8) is 0 Å². The van der Waals surface area contributed by atoms with Crippen LogP contribution in [0.15, 0.2) is 23.8 Å². The number of amides is 2. The number of ether oxygens (including phenoxy) is 2. The van der Waals surface area contributed by atoms with E-state index in [2.05, 4.69) is 5.32 Å². The number of carbonyl (C=O) groups is 2. The standard InChI is InChI=1S/C24H31F3N2O7/c1-3-4-5-18(32)29(12-24(25,26)27)16-10-15(23(34)28-6-7-30)19-14-8-13(11-31)9-17(35-2)21(14)36-22(19)20(16)33/h8-10,16,19-20,22,30-31,33H,3-7,11-12H2,1-2H3,(H,28,34). The summed E-state index contributed by atoms with van der Waals surface area (Å²) in [7, 11) is 1.36. The second-order valence-electron chi connectivity index (χ2n) is 8.76. The van der Waals surface area contributed by atoms with Crippen molar-refractivity contribution in [3.05, 3.63) is 34.9 Å². The number of unbranched alkanes of at least 4 members (excludes halogenated alkanes) is 1. The van der Waals surface area contributed by atoms with Crippen LogP contribution in [0.25, 0.3) is 0 Å². The smallest absolute Gasteiger partial charge is 0.406 e. The lowest BCUT2D eigenvalue weighted by Crippen LogP contribution is -2.57. The highest BCUT2D eigenvalue weighted by atomic mass is 19.4. The summed E-state index contributed by atoms with van der Waals surface area (Å²) in [6, 6.07) is 1.59. The van der Waals surface area contributed by atoms with Crippen LogP contribution < -0.4 is 14.8 Å². The topological polar surface area (TPSA) is 129 Å². The van der Waals surface area contributed by atoms with Crippen molar-refractivity contribution < 1.29 is 47.6 Å². The van der Waals surface area contributed by atoms with E-state index in [1.165, 1.54) is 19.3 Å². The SMILES string of the molecule is CCCCC(=O)N(CC(F)(F)F)C1C=C(C(=O)NCCO)C2c3cc(CO)cc(OC)c3OC2C1O. The quantitative estimate of drug-likeness (QED) is 0.370. The Kier molecular flexibility index (Phi) is 8.85.